The van der Waals surface area contributed by atoms with E-state index in [1.165, 1.54) is 18.2 Å². The second kappa shape index (κ2) is 5.31. The Labute approximate surface area is 109 Å². The first-order valence-corrected chi connectivity index (χ1v) is 7.07. The maximum Gasteiger partial charge on any atom is 0.240 e. The molecular weight excluding hydrogens is 314 g/mol. The molecule has 1 rings (SSSR count). The predicted molar refractivity (Wildman–Crippen MR) is 69.2 cm³/mol. The Morgan fingerprint density at radius 3 is 2.69 bits per heavy atom. The van der Waals surface area contributed by atoms with Gasteiger partial charge in [-0.25, -0.2) is 13.1 Å². The van der Waals surface area contributed by atoms with Gasteiger partial charge in [0.1, 0.15) is 0 Å². The smallest absolute Gasteiger partial charge is 0.207 e. The van der Waals surface area contributed by atoms with Gasteiger partial charge in [-0.3, -0.25) is 0 Å². The summed E-state index contributed by atoms with van der Waals surface area (Å²) >= 11 is 8.96. The van der Waals surface area contributed by atoms with Crippen molar-refractivity contribution in [2.75, 3.05) is 6.54 Å². The summed E-state index contributed by atoms with van der Waals surface area (Å²) in [6.45, 7) is 5.60. The van der Waals surface area contributed by atoms with Gasteiger partial charge < -0.3 is 0 Å². The van der Waals surface area contributed by atoms with Gasteiger partial charge in [0.05, 0.1) is 9.92 Å². The van der Waals surface area contributed by atoms with Crippen molar-refractivity contribution in [3.8, 4) is 0 Å². The van der Waals surface area contributed by atoms with Crippen LogP contribution in [0.1, 0.15) is 6.92 Å². The van der Waals surface area contributed by atoms with E-state index in [0.29, 0.717) is 9.50 Å². The summed E-state index contributed by atoms with van der Waals surface area (Å²) in [6, 6.07) is 4.44. The summed E-state index contributed by atoms with van der Waals surface area (Å²) in [7, 11) is -3.49. The molecule has 16 heavy (non-hydrogen) atoms. The second-order valence-corrected chi connectivity index (χ2v) is 6.39. The van der Waals surface area contributed by atoms with Crippen LogP contribution in [0.4, 0.5) is 0 Å². The fraction of sp³-hybridized carbons (Fsp3) is 0.200. The van der Waals surface area contributed by atoms with Crippen LogP contribution in [0.15, 0.2) is 39.7 Å². The molecule has 0 saturated carbocycles. The molecule has 88 valence electrons. The Morgan fingerprint density at radius 2 is 2.19 bits per heavy atom. The monoisotopic (exact) mass is 323 g/mol. The molecule has 0 aliphatic rings. The highest BCUT2D eigenvalue weighted by atomic mass is 79.9. The molecule has 0 aliphatic carbocycles. The van der Waals surface area contributed by atoms with Gasteiger partial charge in [0, 0.05) is 11.0 Å². The molecule has 0 radical (unpaired) electrons. The number of nitrogens with one attached hydrogen (secondary N) is 1. The van der Waals surface area contributed by atoms with E-state index >= 15 is 0 Å². The zero-order valence-electron chi connectivity index (χ0n) is 8.63. The van der Waals surface area contributed by atoms with Crippen LogP contribution in [0.25, 0.3) is 0 Å². The zero-order valence-corrected chi connectivity index (χ0v) is 11.8. The van der Waals surface area contributed by atoms with Gasteiger partial charge in [-0.1, -0.05) is 23.8 Å². The van der Waals surface area contributed by atoms with Gasteiger partial charge in [0.2, 0.25) is 10.0 Å². The van der Waals surface area contributed by atoms with E-state index in [0.717, 1.165) is 5.57 Å². The van der Waals surface area contributed by atoms with Gasteiger partial charge in [0.15, 0.2) is 0 Å². The van der Waals surface area contributed by atoms with Crippen LogP contribution < -0.4 is 4.72 Å². The minimum absolute atomic E-state index is 0.171. The summed E-state index contributed by atoms with van der Waals surface area (Å²) in [6.07, 6.45) is 0. The number of halogens is 2. The van der Waals surface area contributed by atoms with Crippen LogP contribution in [0.3, 0.4) is 0 Å². The van der Waals surface area contributed by atoms with E-state index in [9.17, 15) is 8.42 Å². The Bertz CT molecular complexity index is 514. The third-order valence-electron chi connectivity index (χ3n) is 1.77. The molecule has 1 aromatic rings. The van der Waals surface area contributed by atoms with Crippen molar-refractivity contribution in [1.29, 1.82) is 0 Å². The lowest BCUT2D eigenvalue weighted by molar-refractivity contribution is 0.584. The van der Waals surface area contributed by atoms with Crippen LogP contribution in [0, 0.1) is 0 Å². The number of sulfonamides is 1. The normalized spacial score (nSPS) is 11.4. The Balaban J connectivity index is 2.99. The van der Waals surface area contributed by atoms with Crippen molar-refractivity contribution in [2.45, 2.75) is 11.8 Å². The fourth-order valence-electron chi connectivity index (χ4n) is 0.946. The first-order valence-electron chi connectivity index (χ1n) is 4.42. The van der Waals surface area contributed by atoms with Crippen molar-refractivity contribution in [3.63, 3.8) is 0 Å². The maximum absolute atomic E-state index is 11.8. The van der Waals surface area contributed by atoms with E-state index in [-0.39, 0.29) is 11.4 Å². The van der Waals surface area contributed by atoms with E-state index in [2.05, 4.69) is 27.2 Å². The summed E-state index contributed by atoms with van der Waals surface area (Å²) in [5, 5.41) is 0.471. The Morgan fingerprint density at radius 1 is 1.56 bits per heavy atom. The molecule has 0 bridgehead atoms. The van der Waals surface area contributed by atoms with Crippen molar-refractivity contribution in [2.24, 2.45) is 0 Å². The highest BCUT2D eigenvalue weighted by Crippen LogP contribution is 2.25. The van der Waals surface area contributed by atoms with Gasteiger partial charge in [0.25, 0.3) is 0 Å². The van der Waals surface area contributed by atoms with Crippen molar-refractivity contribution >= 4 is 37.6 Å². The SMILES string of the molecule is C=C(C)CNS(=O)(=O)c1ccc(Cl)c(Br)c1. The highest BCUT2D eigenvalue weighted by molar-refractivity contribution is 9.10. The lowest BCUT2D eigenvalue weighted by atomic mass is 10.4. The summed E-state index contributed by atoms with van der Waals surface area (Å²) in [5.74, 6) is 0. The molecule has 6 heteroatoms. The average Bonchev–Trinajstić information content (AvgIpc) is 2.19. The molecule has 0 saturated heterocycles. The van der Waals surface area contributed by atoms with Gasteiger partial charge in [-0.2, -0.15) is 0 Å². The first-order chi connectivity index (χ1) is 7.33. The molecule has 3 nitrogen and oxygen atoms in total. The molecule has 0 fully saturated rings. The van der Waals surface area contributed by atoms with Crippen molar-refractivity contribution < 1.29 is 8.42 Å². The lowest BCUT2D eigenvalue weighted by Gasteiger charge is -2.07. The zero-order chi connectivity index (χ0) is 12.3. The summed E-state index contributed by atoms with van der Waals surface area (Å²) in [5.41, 5.74) is 0.747. The number of rotatable bonds is 4. The molecule has 1 aromatic carbocycles. The van der Waals surface area contributed by atoms with Crippen LogP contribution in [0.5, 0.6) is 0 Å². The quantitative estimate of drug-likeness (QED) is 0.866. The predicted octanol–water partition coefficient (Wildman–Crippen LogP) is 2.96. The number of hydrogen-bond donors (Lipinski definition) is 1. The van der Waals surface area contributed by atoms with Crippen LogP contribution in [-0.2, 0) is 10.0 Å². The Kier molecular flexibility index (Phi) is 4.55. The fourth-order valence-corrected chi connectivity index (χ4v) is 2.72. The van der Waals surface area contributed by atoms with Crippen LogP contribution in [0.2, 0.25) is 5.02 Å². The molecule has 0 aromatic heterocycles. The Hall–Kier alpha value is -0.360. The van der Waals surface area contributed by atoms with Crippen molar-refractivity contribution in [3.05, 3.63) is 39.8 Å². The third kappa shape index (κ3) is 3.59. The molecular formula is C10H11BrClNO2S. The van der Waals surface area contributed by atoms with E-state index in [1.807, 2.05) is 0 Å². The minimum Gasteiger partial charge on any atom is -0.207 e. The van der Waals surface area contributed by atoms with E-state index in [4.69, 9.17) is 11.6 Å². The van der Waals surface area contributed by atoms with Crippen LogP contribution in [-0.4, -0.2) is 15.0 Å². The number of benzene rings is 1. The molecule has 0 heterocycles. The first kappa shape index (κ1) is 13.7. The van der Waals surface area contributed by atoms with E-state index < -0.39 is 10.0 Å². The lowest BCUT2D eigenvalue weighted by Crippen LogP contribution is -2.25. The third-order valence-corrected chi connectivity index (χ3v) is 4.38. The van der Waals surface area contributed by atoms with Crippen LogP contribution >= 0.6 is 27.5 Å². The van der Waals surface area contributed by atoms with Crippen molar-refractivity contribution in [1.82, 2.24) is 4.72 Å². The van der Waals surface area contributed by atoms with Gasteiger partial charge in [-0.05, 0) is 41.1 Å². The summed E-state index contributed by atoms with van der Waals surface area (Å²) < 4.78 is 26.5. The second-order valence-electron chi connectivity index (χ2n) is 3.36. The topological polar surface area (TPSA) is 46.2 Å². The highest BCUT2D eigenvalue weighted by Gasteiger charge is 2.14. The largest absolute Gasteiger partial charge is 0.240 e. The molecule has 0 spiro atoms. The van der Waals surface area contributed by atoms with Gasteiger partial charge >= 0.3 is 0 Å². The van der Waals surface area contributed by atoms with Gasteiger partial charge in [-0.15, -0.1) is 0 Å². The molecule has 0 atom stereocenters. The summed E-state index contributed by atoms with van der Waals surface area (Å²) in [4.78, 5) is 0.171. The minimum atomic E-state index is -3.49. The molecule has 0 amide bonds. The maximum atomic E-state index is 11.8. The van der Waals surface area contributed by atoms with E-state index in [1.54, 1.807) is 6.92 Å². The molecule has 0 unspecified atom stereocenters. The average molecular weight is 325 g/mol. The molecule has 0 aliphatic heterocycles. The molecule has 1 N–H and O–H groups in total. The standard InChI is InChI=1S/C10H11BrClNO2S/c1-7(2)6-13-16(14,15)8-3-4-10(12)9(11)5-8/h3-5,13H,1,6H2,2H3. The number of hydrogen-bond acceptors (Lipinski definition) is 2.